The molecule has 1 amide bonds. The number of alkyl halides is 9. The van der Waals surface area contributed by atoms with Crippen molar-refractivity contribution in [3.05, 3.63) is 86.6 Å². The molecule has 1 aliphatic carbocycles. The first-order valence-corrected chi connectivity index (χ1v) is 13.1. The molecule has 1 saturated carbocycles. The van der Waals surface area contributed by atoms with Crippen LogP contribution < -0.4 is 10.9 Å². The molecular weight excluding hydrogens is 616 g/mol. The smallest absolute Gasteiger partial charge is 0.374 e. The number of amides is 1. The summed E-state index contributed by atoms with van der Waals surface area (Å²) in [5.41, 5.74) is -7.36. The van der Waals surface area contributed by atoms with Gasteiger partial charge in [-0.1, -0.05) is 18.2 Å². The summed E-state index contributed by atoms with van der Waals surface area (Å²) < 4.78 is 140. The molecule has 0 atom stereocenters. The van der Waals surface area contributed by atoms with E-state index in [-0.39, 0.29) is 18.8 Å². The van der Waals surface area contributed by atoms with Gasteiger partial charge in [0.1, 0.15) is 11.6 Å². The predicted molar refractivity (Wildman–Crippen MR) is 134 cm³/mol. The summed E-state index contributed by atoms with van der Waals surface area (Å²) in [5, 5.41) is 2.41. The molecule has 0 radical (unpaired) electrons. The van der Waals surface area contributed by atoms with Crippen molar-refractivity contribution in [3.63, 3.8) is 0 Å². The third-order valence-corrected chi connectivity index (χ3v) is 7.03. The maximum Gasteiger partial charge on any atom is 0.433 e. The van der Waals surface area contributed by atoms with Gasteiger partial charge in [-0.15, -0.1) is 0 Å². The van der Waals surface area contributed by atoms with E-state index in [4.69, 9.17) is 4.74 Å². The quantitative estimate of drug-likeness (QED) is 0.272. The summed E-state index contributed by atoms with van der Waals surface area (Å²) in [5.74, 6) is -4.06. The van der Waals surface area contributed by atoms with Gasteiger partial charge < -0.3 is 15.0 Å². The van der Waals surface area contributed by atoms with Gasteiger partial charge in [0.25, 0.3) is 5.56 Å². The van der Waals surface area contributed by atoms with Crippen molar-refractivity contribution in [2.45, 2.75) is 63.5 Å². The molecule has 4 rings (SSSR count). The van der Waals surface area contributed by atoms with Crippen LogP contribution in [0, 0.1) is 11.7 Å². The predicted octanol–water partition coefficient (Wildman–Crippen LogP) is 7.02. The van der Waals surface area contributed by atoms with Crippen LogP contribution in [0.25, 0.3) is 11.4 Å². The van der Waals surface area contributed by atoms with Crippen molar-refractivity contribution in [3.8, 4) is 11.4 Å². The van der Waals surface area contributed by atoms with Gasteiger partial charge in [-0.3, -0.25) is 9.59 Å². The van der Waals surface area contributed by atoms with Crippen molar-refractivity contribution in [1.82, 2.24) is 15.3 Å². The molecule has 1 heterocycles. The van der Waals surface area contributed by atoms with E-state index in [1.165, 1.54) is 12.1 Å². The number of carbonyl (C=O) groups excluding carboxylic acids is 1. The first-order chi connectivity index (χ1) is 20.4. The van der Waals surface area contributed by atoms with E-state index in [9.17, 15) is 49.1 Å². The first-order valence-electron chi connectivity index (χ1n) is 13.1. The average Bonchev–Trinajstić information content (AvgIpc) is 2.93. The standard InChI is InChI=1S/C28H23F10N3O3/c29-23-16(6-9-19(27(33,34)35)22(23)24-40-20(28(36,37)38)11-21(42)41-24)12-39-25(43)15-4-7-18(8-5-15)44-13-14-2-1-3-17(10-14)26(30,31)32/h1-3,6,9-11,15,18H,4-5,7-8,12-13H2,(H,39,43)(H,40,41,42). The zero-order chi connectivity index (χ0) is 32.4. The number of hydrogen-bond acceptors (Lipinski definition) is 4. The Hall–Kier alpha value is -3.95. The van der Waals surface area contributed by atoms with Gasteiger partial charge in [-0.25, -0.2) is 9.37 Å². The molecule has 1 aliphatic rings. The summed E-state index contributed by atoms with van der Waals surface area (Å²) in [6.07, 6.45) is -13.9. The highest BCUT2D eigenvalue weighted by molar-refractivity contribution is 5.78. The van der Waals surface area contributed by atoms with Gasteiger partial charge in [-0.05, 0) is 49.4 Å². The van der Waals surface area contributed by atoms with Gasteiger partial charge in [0.2, 0.25) is 5.91 Å². The Bertz CT molecular complexity index is 1560. The molecule has 0 aliphatic heterocycles. The number of nitrogens with zero attached hydrogens (tertiary/aromatic N) is 1. The van der Waals surface area contributed by atoms with Gasteiger partial charge in [0, 0.05) is 24.1 Å². The van der Waals surface area contributed by atoms with Crippen LogP contribution in [0.2, 0.25) is 0 Å². The molecule has 3 aromatic rings. The Morgan fingerprint density at radius 3 is 2.20 bits per heavy atom. The van der Waals surface area contributed by atoms with E-state index >= 15 is 4.39 Å². The third kappa shape index (κ3) is 7.95. The fourth-order valence-corrected chi connectivity index (χ4v) is 4.81. The second-order valence-corrected chi connectivity index (χ2v) is 10.1. The van der Waals surface area contributed by atoms with E-state index in [1.807, 2.05) is 0 Å². The monoisotopic (exact) mass is 639 g/mol. The molecule has 2 aromatic carbocycles. The molecule has 0 bridgehead atoms. The van der Waals surface area contributed by atoms with Crippen molar-refractivity contribution >= 4 is 5.91 Å². The van der Waals surface area contributed by atoms with Gasteiger partial charge in [0.15, 0.2) is 5.69 Å². The van der Waals surface area contributed by atoms with Crippen molar-refractivity contribution < 1.29 is 53.4 Å². The molecule has 16 heteroatoms. The molecule has 44 heavy (non-hydrogen) atoms. The van der Waals surface area contributed by atoms with Crippen LogP contribution in [-0.2, 0) is 41.2 Å². The number of benzene rings is 2. The summed E-state index contributed by atoms with van der Waals surface area (Å²) in [6, 6.07) is 5.81. The maximum atomic E-state index is 15.4. The molecule has 1 fully saturated rings. The zero-order valence-electron chi connectivity index (χ0n) is 22.4. The van der Waals surface area contributed by atoms with E-state index in [2.05, 4.69) is 10.3 Å². The average molecular weight is 639 g/mol. The Morgan fingerprint density at radius 1 is 0.909 bits per heavy atom. The lowest BCUT2D eigenvalue weighted by molar-refractivity contribution is -0.141. The molecule has 1 aromatic heterocycles. The second kappa shape index (κ2) is 12.6. The van der Waals surface area contributed by atoms with Gasteiger partial charge in [-0.2, -0.15) is 39.5 Å². The highest BCUT2D eigenvalue weighted by Gasteiger charge is 2.39. The SMILES string of the molecule is O=C(NCc1ccc(C(F)(F)F)c(-c2nc(C(F)(F)F)cc(=O)[nH]2)c1F)C1CCC(OCc2cccc(C(F)(F)F)c2)CC1. The number of aromatic nitrogens is 2. The second-order valence-electron chi connectivity index (χ2n) is 10.1. The summed E-state index contributed by atoms with van der Waals surface area (Å²) >= 11 is 0. The Kier molecular flexibility index (Phi) is 9.42. The fourth-order valence-electron chi connectivity index (χ4n) is 4.81. The number of aromatic amines is 1. The highest BCUT2D eigenvalue weighted by Crippen LogP contribution is 2.39. The summed E-state index contributed by atoms with van der Waals surface area (Å²) in [4.78, 5) is 29.2. The van der Waals surface area contributed by atoms with Crippen LogP contribution in [-0.4, -0.2) is 22.0 Å². The van der Waals surface area contributed by atoms with Crippen molar-refractivity contribution in [2.75, 3.05) is 0 Å². The van der Waals surface area contributed by atoms with Crippen LogP contribution in [0.1, 0.15) is 53.6 Å². The molecule has 238 valence electrons. The highest BCUT2D eigenvalue weighted by atomic mass is 19.4. The Labute approximate surface area is 242 Å². The van der Waals surface area contributed by atoms with Crippen LogP contribution in [0.15, 0.2) is 47.3 Å². The number of carbonyl (C=O) groups is 1. The third-order valence-electron chi connectivity index (χ3n) is 7.03. The van der Waals surface area contributed by atoms with Crippen LogP contribution >= 0.6 is 0 Å². The van der Waals surface area contributed by atoms with Crippen molar-refractivity contribution in [1.29, 1.82) is 0 Å². The number of rotatable bonds is 7. The Balaban J connectivity index is 1.41. The normalized spacial score (nSPS) is 17.9. The lowest BCUT2D eigenvalue weighted by Crippen LogP contribution is -2.34. The minimum Gasteiger partial charge on any atom is -0.374 e. The first kappa shape index (κ1) is 33.0. The van der Waals surface area contributed by atoms with E-state index in [1.54, 1.807) is 4.98 Å². The van der Waals surface area contributed by atoms with Gasteiger partial charge >= 0.3 is 18.5 Å². The topological polar surface area (TPSA) is 84.1 Å². The van der Waals surface area contributed by atoms with E-state index in [0.717, 1.165) is 12.1 Å². The molecular formula is C28H23F10N3O3. The van der Waals surface area contributed by atoms with E-state index in [0.29, 0.717) is 43.4 Å². The lowest BCUT2D eigenvalue weighted by Gasteiger charge is -2.28. The minimum atomic E-state index is -5.23. The summed E-state index contributed by atoms with van der Waals surface area (Å²) in [6.45, 7) is -0.696. The maximum absolute atomic E-state index is 15.4. The molecule has 0 spiro atoms. The van der Waals surface area contributed by atoms with Crippen LogP contribution in [0.4, 0.5) is 43.9 Å². The number of halogens is 10. The molecule has 0 unspecified atom stereocenters. The zero-order valence-corrected chi connectivity index (χ0v) is 22.4. The largest absolute Gasteiger partial charge is 0.433 e. The van der Waals surface area contributed by atoms with E-state index < -0.39 is 82.0 Å². The molecule has 2 N–H and O–H groups in total. The molecule has 6 nitrogen and oxygen atoms in total. The Morgan fingerprint density at radius 2 is 1.59 bits per heavy atom. The number of hydrogen-bond donors (Lipinski definition) is 2. The summed E-state index contributed by atoms with van der Waals surface area (Å²) in [7, 11) is 0. The molecule has 0 saturated heterocycles. The number of H-pyrrole nitrogens is 1. The van der Waals surface area contributed by atoms with Crippen LogP contribution in [0.3, 0.4) is 0 Å². The number of ether oxygens (including phenoxy) is 1. The number of nitrogens with one attached hydrogen (secondary N) is 2. The fraction of sp³-hybridized carbons (Fsp3) is 0.393. The lowest BCUT2D eigenvalue weighted by atomic mass is 9.86. The van der Waals surface area contributed by atoms with Crippen LogP contribution in [0.5, 0.6) is 0 Å². The van der Waals surface area contributed by atoms with Gasteiger partial charge in [0.05, 0.1) is 29.4 Å². The van der Waals surface area contributed by atoms with Crippen molar-refractivity contribution in [2.24, 2.45) is 5.92 Å². The minimum absolute atomic E-state index is 0.0177.